The highest BCUT2D eigenvalue weighted by Crippen LogP contribution is 2.22. The third kappa shape index (κ3) is 5.81. The first-order chi connectivity index (χ1) is 13.0. The van der Waals surface area contributed by atoms with E-state index in [9.17, 15) is 14.9 Å². The number of hydrogen-bond donors (Lipinski definition) is 2. The van der Waals surface area contributed by atoms with Gasteiger partial charge in [0.15, 0.2) is 0 Å². The molecule has 0 unspecified atom stereocenters. The number of carbonyl (C=O) groups is 1. The van der Waals surface area contributed by atoms with Gasteiger partial charge < -0.3 is 10.1 Å². The lowest BCUT2D eigenvalue weighted by Crippen LogP contribution is -2.27. The monoisotopic (exact) mass is 370 g/mol. The number of benzene rings is 2. The SMILES string of the molecule is CCC/C(=N/NC(=O)CNc1ccccc1OC)c1cccc([N+](=O)[O-])c1. The van der Waals surface area contributed by atoms with E-state index in [1.165, 1.54) is 12.1 Å². The second kappa shape index (κ2) is 9.91. The Morgan fingerprint density at radius 2 is 2.00 bits per heavy atom. The molecule has 0 fully saturated rings. The standard InChI is InChI=1S/C19H22N4O4/c1-3-7-16(14-8-6-9-15(12-14)23(25)26)21-22-19(24)13-20-17-10-4-5-11-18(17)27-2/h4-6,8-12,20H,3,7,13H2,1-2H3,(H,22,24)/b21-16-. The molecule has 0 bridgehead atoms. The first-order valence-corrected chi connectivity index (χ1v) is 8.52. The molecular weight excluding hydrogens is 348 g/mol. The Morgan fingerprint density at radius 1 is 1.22 bits per heavy atom. The summed E-state index contributed by atoms with van der Waals surface area (Å²) in [7, 11) is 1.56. The summed E-state index contributed by atoms with van der Waals surface area (Å²) in [6.45, 7) is 1.98. The number of ether oxygens (including phenoxy) is 1. The van der Waals surface area contributed by atoms with Crippen LogP contribution in [-0.2, 0) is 4.79 Å². The number of methoxy groups -OCH3 is 1. The first-order valence-electron chi connectivity index (χ1n) is 8.52. The average molecular weight is 370 g/mol. The van der Waals surface area contributed by atoms with Crippen molar-refractivity contribution in [1.82, 2.24) is 5.43 Å². The number of hydrazone groups is 1. The van der Waals surface area contributed by atoms with Gasteiger partial charge in [-0.2, -0.15) is 5.10 Å². The van der Waals surface area contributed by atoms with Gasteiger partial charge in [-0.25, -0.2) is 5.43 Å². The molecule has 0 aliphatic carbocycles. The van der Waals surface area contributed by atoms with E-state index in [4.69, 9.17) is 4.74 Å². The van der Waals surface area contributed by atoms with Crippen LogP contribution in [0, 0.1) is 10.1 Å². The number of anilines is 1. The van der Waals surface area contributed by atoms with Crippen LogP contribution in [0.15, 0.2) is 53.6 Å². The van der Waals surface area contributed by atoms with Crippen molar-refractivity contribution in [2.45, 2.75) is 19.8 Å². The van der Waals surface area contributed by atoms with Gasteiger partial charge in [-0.1, -0.05) is 37.6 Å². The maximum Gasteiger partial charge on any atom is 0.270 e. The molecule has 2 aromatic carbocycles. The van der Waals surface area contributed by atoms with E-state index < -0.39 is 4.92 Å². The Balaban J connectivity index is 2.04. The van der Waals surface area contributed by atoms with Crippen molar-refractivity contribution in [2.24, 2.45) is 5.10 Å². The number of carbonyl (C=O) groups excluding carboxylic acids is 1. The van der Waals surface area contributed by atoms with Crippen molar-refractivity contribution in [3.05, 3.63) is 64.2 Å². The van der Waals surface area contributed by atoms with Crippen LogP contribution >= 0.6 is 0 Å². The average Bonchev–Trinajstić information content (AvgIpc) is 2.69. The minimum Gasteiger partial charge on any atom is -0.495 e. The van der Waals surface area contributed by atoms with Gasteiger partial charge >= 0.3 is 0 Å². The van der Waals surface area contributed by atoms with Crippen LogP contribution < -0.4 is 15.5 Å². The molecule has 0 spiro atoms. The van der Waals surface area contributed by atoms with Crippen molar-refractivity contribution in [3.8, 4) is 5.75 Å². The van der Waals surface area contributed by atoms with Crippen molar-refractivity contribution in [3.63, 3.8) is 0 Å². The minimum absolute atomic E-state index is 0.0121. The molecule has 2 rings (SSSR count). The van der Waals surface area contributed by atoms with Crippen LogP contribution in [0.2, 0.25) is 0 Å². The number of nitro groups is 1. The van der Waals surface area contributed by atoms with Crippen LogP contribution in [-0.4, -0.2) is 30.2 Å². The molecule has 0 saturated carbocycles. The first kappa shape index (κ1) is 19.9. The van der Waals surface area contributed by atoms with E-state index in [-0.39, 0.29) is 18.1 Å². The van der Waals surface area contributed by atoms with E-state index in [0.717, 1.165) is 6.42 Å². The molecule has 1 amide bonds. The smallest absolute Gasteiger partial charge is 0.270 e. The van der Waals surface area contributed by atoms with Gasteiger partial charge in [-0.3, -0.25) is 14.9 Å². The van der Waals surface area contributed by atoms with Crippen molar-refractivity contribution in [1.29, 1.82) is 0 Å². The zero-order chi connectivity index (χ0) is 19.6. The van der Waals surface area contributed by atoms with Crippen LogP contribution in [0.1, 0.15) is 25.3 Å². The van der Waals surface area contributed by atoms with Crippen molar-refractivity contribution in [2.75, 3.05) is 19.0 Å². The Labute approximate surface area is 157 Å². The van der Waals surface area contributed by atoms with Crippen LogP contribution in [0.3, 0.4) is 0 Å². The number of para-hydroxylation sites is 2. The molecule has 2 aromatic rings. The number of nitrogens with one attached hydrogen (secondary N) is 2. The second-order valence-electron chi connectivity index (χ2n) is 5.70. The van der Waals surface area contributed by atoms with Crippen molar-refractivity contribution < 1.29 is 14.5 Å². The summed E-state index contributed by atoms with van der Waals surface area (Å²) in [6, 6.07) is 13.5. The molecule has 0 aliphatic heterocycles. The fourth-order valence-corrected chi connectivity index (χ4v) is 2.44. The van der Waals surface area contributed by atoms with Gasteiger partial charge in [-0.15, -0.1) is 0 Å². The highest BCUT2D eigenvalue weighted by atomic mass is 16.6. The van der Waals surface area contributed by atoms with E-state index in [2.05, 4.69) is 15.8 Å². The number of nitro benzene ring substituents is 1. The summed E-state index contributed by atoms with van der Waals surface area (Å²) >= 11 is 0. The third-order valence-corrected chi connectivity index (χ3v) is 3.74. The molecule has 0 heterocycles. The van der Waals surface area contributed by atoms with Gasteiger partial charge in [-0.05, 0) is 18.6 Å². The molecule has 142 valence electrons. The molecule has 27 heavy (non-hydrogen) atoms. The van der Waals surface area contributed by atoms with E-state index in [0.29, 0.717) is 29.1 Å². The van der Waals surface area contributed by atoms with Crippen molar-refractivity contribution >= 4 is 23.0 Å². The van der Waals surface area contributed by atoms with Gasteiger partial charge in [0.05, 0.1) is 30.0 Å². The number of amides is 1. The van der Waals surface area contributed by atoms with Crippen LogP contribution in [0.25, 0.3) is 0 Å². The molecule has 0 atom stereocenters. The molecule has 8 nitrogen and oxygen atoms in total. The molecule has 0 aromatic heterocycles. The summed E-state index contributed by atoms with van der Waals surface area (Å²) in [4.78, 5) is 22.6. The molecule has 8 heteroatoms. The molecule has 2 N–H and O–H groups in total. The van der Waals surface area contributed by atoms with Gasteiger partial charge in [0.1, 0.15) is 5.75 Å². The summed E-state index contributed by atoms with van der Waals surface area (Å²) in [5.74, 6) is 0.303. The predicted molar refractivity (Wildman–Crippen MR) is 104 cm³/mol. The Morgan fingerprint density at radius 3 is 2.70 bits per heavy atom. The topological polar surface area (TPSA) is 106 Å². The maximum absolute atomic E-state index is 12.1. The van der Waals surface area contributed by atoms with Gasteiger partial charge in [0.2, 0.25) is 0 Å². The fraction of sp³-hybridized carbons (Fsp3) is 0.263. The summed E-state index contributed by atoms with van der Waals surface area (Å²) in [5, 5.41) is 18.1. The highest BCUT2D eigenvalue weighted by molar-refractivity contribution is 6.01. The lowest BCUT2D eigenvalue weighted by molar-refractivity contribution is -0.384. The quantitative estimate of drug-likeness (QED) is 0.400. The largest absolute Gasteiger partial charge is 0.495 e. The lowest BCUT2D eigenvalue weighted by atomic mass is 10.1. The number of non-ortho nitro benzene ring substituents is 1. The Bertz CT molecular complexity index is 836. The molecular formula is C19H22N4O4. The molecule has 0 aliphatic rings. The second-order valence-corrected chi connectivity index (χ2v) is 5.70. The fourth-order valence-electron chi connectivity index (χ4n) is 2.44. The lowest BCUT2D eigenvalue weighted by Gasteiger charge is -2.10. The van der Waals surface area contributed by atoms with Gasteiger partial charge in [0.25, 0.3) is 11.6 Å². The molecule has 0 radical (unpaired) electrons. The zero-order valence-corrected chi connectivity index (χ0v) is 15.3. The zero-order valence-electron chi connectivity index (χ0n) is 15.3. The van der Waals surface area contributed by atoms with E-state index >= 15 is 0 Å². The molecule has 0 saturated heterocycles. The van der Waals surface area contributed by atoms with E-state index in [1.807, 2.05) is 19.1 Å². The number of rotatable bonds is 9. The number of nitrogens with zero attached hydrogens (tertiary/aromatic N) is 2. The minimum atomic E-state index is -0.456. The number of hydrogen-bond acceptors (Lipinski definition) is 6. The normalized spacial score (nSPS) is 11.0. The Kier molecular flexibility index (Phi) is 7.30. The highest BCUT2D eigenvalue weighted by Gasteiger charge is 2.11. The van der Waals surface area contributed by atoms with Crippen LogP contribution in [0.5, 0.6) is 5.75 Å². The van der Waals surface area contributed by atoms with Gasteiger partial charge in [0, 0.05) is 17.7 Å². The van der Waals surface area contributed by atoms with Crippen LogP contribution in [0.4, 0.5) is 11.4 Å². The summed E-state index contributed by atoms with van der Waals surface area (Å²) in [5.41, 5.74) is 4.39. The predicted octanol–water partition coefficient (Wildman–Crippen LogP) is 3.34. The summed E-state index contributed by atoms with van der Waals surface area (Å²) in [6.07, 6.45) is 1.37. The summed E-state index contributed by atoms with van der Waals surface area (Å²) < 4.78 is 5.22. The third-order valence-electron chi connectivity index (χ3n) is 3.74. The maximum atomic E-state index is 12.1. The Hall–Kier alpha value is -3.42. The van der Waals surface area contributed by atoms with E-state index in [1.54, 1.807) is 31.4 Å².